The molecule has 1 aromatic heterocycles. The summed E-state index contributed by atoms with van der Waals surface area (Å²) in [5.74, 6) is -0.837. The molecule has 0 aliphatic heterocycles. The van der Waals surface area contributed by atoms with E-state index in [0.717, 1.165) is 0 Å². The Bertz CT molecular complexity index is 733. The first-order chi connectivity index (χ1) is 11.5. The van der Waals surface area contributed by atoms with Gasteiger partial charge in [0, 0.05) is 25.4 Å². The number of nitrogens with one attached hydrogen (secondary N) is 2. The van der Waals surface area contributed by atoms with E-state index in [-0.39, 0.29) is 11.3 Å². The molecule has 6 nitrogen and oxygen atoms in total. The molecule has 1 aromatic carbocycles. The molecule has 0 atom stereocenters. The van der Waals surface area contributed by atoms with Gasteiger partial charge in [-0.25, -0.2) is 0 Å². The Kier molecular flexibility index (Phi) is 6.54. The third-order valence-corrected chi connectivity index (χ3v) is 3.68. The van der Waals surface area contributed by atoms with Gasteiger partial charge in [-0.3, -0.25) is 14.6 Å². The highest BCUT2D eigenvalue weighted by Crippen LogP contribution is 2.30. The molecule has 126 valence electrons. The zero-order valence-corrected chi connectivity index (χ0v) is 14.3. The third kappa shape index (κ3) is 4.67. The lowest BCUT2D eigenvalue weighted by molar-refractivity contribution is 0.0932. The van der Waals surface area contributed by atoms with Crippen LogP contribution < -0.4 is 10.6 Å². The van der Waals surface area contributed by atoms with Crippen LogP contribution in [0.1, 0.15) is 20.8 Å². The average Bonchev–Trinajstić information content (AvgIpc) is 2.58. The molecule has 1 heterocycles. The largest absolute Gasteiger partial charge is 0.383 e. The van der Waals surface area contributed by atoms with Gasteiger partial charge in [0.1, 0.15) is 5.69 Å². The molecular formula is C16H15Cl2N3O3. The topological polar surface area (TPSA) is 80.3 Å². The Balaban J connectivity index is 2.13. The maximum atomic E-state index is 12.3. The Morgan fingerprint density at radius 2 is 1.88 bits per heavy atom. The van der Waals surface area contributed by atoms with E-state index in [2.05, 4.69) is 15.6 Å². The maximum absolute atomic E-state index is 12.3. The van der Waals surface area contributed by atoms with Gasteiger partial charge in [-0.15, -0.1) is 0 Å². The number of para-hydroxylation sites is 1. The van der Waals surface area contributed by atoms with Crippen molar-refractivity contribution in [2.24, 2.45) is 0 Å². The van der Waals surface area contributed by atoms with E-state index in [1.807, 2.05) is 0 Å². The Labute approximate surface area is 149 Å². The second-order valence-electron chi connectivity index (χ2n) is 4.73. The number of methoxy groups -OCH3 is 1. The van der Waals surface area contributed by atoms with Gasteiger partial charge in [0.25, 0.3) is 11.8 Å². The number of hydrogen-bond donors (Lipinski definition) is 2. The van der Waals surface area contributed by atoms with Gasteiger partial charge < -0.3 is 15.4 Å². The first kappa shape index (κ1) is 18.2. The lowest BCUT2D eigenvalue weighted by atomic mass is 10.2. The number of rotatable bonds is 6. The molecule has 0 bridgehead atoms. The van der Waals surface area contributed by atoms with Gasteiger partial charge in [-0.1, -0.05) is 29.3 Å². The highest BCUT2D eigenvalue weighted by Gasteiger charge is 2.14. The molecule has 0 saturated heterocycles. The first-order valence-electron chi connectivity index (χ1n) is 7.01. The first-order valence-corrected chi connectivity index (χ1v) is 7.77. The van der Waals surface area contributed by atoms with Crippen LogP contribution in [0, 0.1) is 0 Å². The third-order valence-electron chi connectivity index (χ3n) is 3.05. The predicted molar refractivity (Wildman–Crippen MR) is 92.9 cm³/mol. The van der Waals surface area contributed by atoms with Crippen molar-refractivity contribution in [3.8, 4) is 0 Å². The number of amides is 2. The molecule has 2 amide bonds. The van der Waals surface area contributed by atoms with Crippen LogP contribution in [0.2, 0.25) is 10.0 Å². The fourth-order valence-corrected chi connectivity index (χ4v) is 2.35. The molecule has 0 fully saturated rings. The molecular weight excluding hydrogens is 353 g/mol. The number of pyridine rings is 1. The highest BCUT2D eigenvalue weighted by molar-refractivity contribution is 6.40. The zero-order valence-electron chi connectivity index (χ0n) is 12.8. The van der Waals surface area contributed by atoms with E-state index in [0.29, 0.717) is 28.9 Å². The Hall–Kier alpha value is -2.15. The summed E-state index contributed by atoms with van der Waals surface area (Å²) < 4.78 is 4.85. The quantitative estimate of drug-likeness (QED) is 0.769. The second-order valence-corrected chi connectivity index (χ2v) is 5.54. The lowest BCUT2D eigenvalue weighted by Gasteiger charge is -2.10. The number of nitrogens with zero attached hydrogens (tertiary/aromatic N) is 1. The van der Waals surface area contributed by atoms with Crippen LogP contribution in [-0.2, 0) is 4.74 Å². The molecule has 8 heteroatoms. The summed E-state index contributed by atoms with van der Waals surface area (Å²) >= 11 is 12.1. The van der Waals surface area contributed by atoms with Gasteiger partial charge in [-0.2, -0.15) is 0 Å². The summed E-state index contributed by atoms with van der Waals surface area (Å²) in [6.07, 6.45) is 1.38. The van der Waals surface area contributed by atoms with Crippen molar-refractivity contribution in [3.63, 3.8) is 0 Å². The van der Waals surface area contributed by atoms with Crippen LogP contribution in [0.25, 0.3) is 0 Å². The molecule has 2 N–H and O–H groups in total. The molecule has 0 unspecified atom stereocenters. The standard InChI is InChI=1S/C16H15Cl2N3O3/c1-24-8-7-20-16(23)13-9-10(5-6-19-13)15(22)21-14-11(17)3-2-4-12(14)18/h2-6,9H,7-8H2,1H3,(H,20,23)(H,21,22). The Morgan fingerprint density at radius 3 is 2.54 bits per heavy atom. The summed E-state index contributed by atoms with van der Waals surface area (Å²) in [6, 6.07) is 7.79. The van der Waals surface area contributed by atoms with Gasteiger partial charge in [0.05, 0.1) is 22.3 Å². The van der Waals surface area contributed by atoms with Crippen molar-refractivity contribution in [2.45, 2.75) is 0 Å². The number of benzene rings is 1. The van der Waals surface area contributed by atoms with Crippen LogP contribution in [0.15, 0.2) is 36.5 Å². The molecule has 0 spiro atoms. The maximum Gasteiger partial charge on any atom is 0.269 e. The number of ether oxygens (including phenoxy) is 1. The second kappa shape index (κ2) is 8.63. The van der Waals surface area contributed by atoms with Crippen LogP contribution in [-0.4, -0.2) is 37.1 Å². The van der Waals surface area contributed by atoms with E-state index in [9.17, 15) is 9.59 Å². The van der Waals surface area contributed by atoms with Gasteiger partial charge >= 0.3 is 0 Å². The summed E-state index contributed by atoms with van der Waals surface area (Å²) in [6.45, 7) is 0.736. The van der Waals surface area contributed by atoms with Gasteiger partial charge in [0.2, 0.25) is 0 Å². The minimum absolute atomic E-state index is 0.129. The van der Waals surface area contributed by atoms with E-state index in [1.165, 1.54) is 25.4 Å². The summed E-state index contributed by atoms with van der Waals surface area (Å²) in [5.41, 5.74) is 0.704. The van der Waals surface area contributed by atoms with Crippen molar-refractivity contribution in [1.82, 2.24) is 10.3 Å². The van der Waals surface area contributed by atoms with E-state index in [1.54, 1.807) is 18.2 Å². The van der Waals surface area contributed by atoms with Crippen molar-refractivity contribution < 1.29 is 14.3 Å². The minimum Gasteiger partial charge on any atom is -0.383 e. The lowest BCUT2D eigenvalue weighted by Crippen LogP contribution is -2.28. The molecule has 24 heavy (non-hydrogen) atoms. The highest BCUT2D eigenvalue weighted by atomic mass is 35.5. The normalized spacial score (nSPS) is 10.3. The average molecular weight is 368 g/mol. The van der Waals surface area contributed by atoms with Crippen LogP contribution >= 0.6 is 23.2 Å². The summed E-state index contributed by atoms with van der Waals surface area (Å²) in [7, 11) is 1.54. The van der Waals surface area contributed by atoms with Gasteiger partial charge in [-0.05, 0) is 24.3 Å². The number of aromatic nitrogens is 1. The van der Waals surface area contributed by atoms with Gasteiger partial charge in [0.15, 0.2) is 0 Å². The smallest absolute Gasteiger partial charge is 0.269 e. The fourth-order valence-electron chi connectivity index (χ4n) is 1.86. The molecule has 0 radical (unpaired) electrons. The number of halogens is 2. The van der Waals surface area contributed by atoms with E-state index >= 15 is 0 Å². The molecule has 0 aliphatic rings. The molecule has 0 aliphatic carbocycles. The zero-order chi connectivity index (χ0) is 17.5. The van der Waals surface area contributed by atoms with E-state index < -0.39 is 11.8 Å². The summed E-state index contributed by atoms with van der Waals surface area (Å²) in [5, 5.41) is 5.91. The summed E-state index contributed by atoms with van der Waals surface area (Å²) in [4.78, 5) is 28.3. The fraction of sp³-hybridized carbons (Fsp3) is 0.188. The van der Waals surface area contributed by atoms with Crippen molar-refractivity contribution in [2.75, 3.05) is 25.6 Å². The number of anilines is 1. The van der Waals surface area contributed by atoms with Crippen LogP contribution in [0.3, 0.4) is 0 Å². The monoisotopic (exact) mass is 367 g/mol. The number of carbonyl (C=O) groups excluding carboxylic acids is 2. The number of carbonyl (C=O) groups is 2. The van der Waals surface area contributed by atoms with E-state index in [4.69, 9.17) is 27.9 Å². The van der Waals surface area contributed by atoms with Crippen molar-refractivity contribution in [1.29, 1.82) is 0 Å². The van der Waals surface area contributed by atoms with Crippen molar-refractivity contribution >= 4 is 40.7 Å². The molecule has 2 aromatic rings. The minimum atomic E-state index is -0.446. The molecule has 2 rings (SSSR count). The number of hydrogen-bond acceptors (Lipinski definition) is 4. The predicted octanol–water partition coefficient (Wildman–Crippen LogP) is 3.02. The van der Waals surface area contributed by atoms with Crippen LogP contribution in [0.5, 0.6) is 0 Å². The Morgan fingerprint density at radius 1 is 1.17 bits per heavy atom. The van der Waals surface area contributed by atoms with Crippen molar-refractivity contribution in [3.05, 3.63) is 57.8 Å². The molecule has 0 saturated carbocycles. The SMILES string of the molecule is COCCNC(=O)c1cc(C(=O)Nc2c(Cl)cccc2Cl)ccn1. The van der Waals surface area contributed by atoms with Crippen LogP contribution in [0.4, 0.5) is 5.69 Å².